The summed E-state index contributed by atoms with van der Waals surface area (Å²) in [4.78, 5) is 26.5. The van der Waals surface area contributed by atoms with Gasteiger partial charge >= 0.3 is 6.03 Å². The molecule has 5 atom stereocenters. The molecule has 1 fully saturated rings. The van der Waals surface area contributed by atoms with E-state index in [2.05, 4.69) is 52.4 Å². The summed E-state index contributed by atoms with van der Waals surface area (Å²) < 4.78 is 7.52. The molecule has 36 heavy (non-hydrogen) atoms. The number of nitrogens with zero attached hydrogens (tertiary/aromatic N) is 5. The topological polar surface area (TPSA) is 164 Å². The molecule has 4 rings (SSSR count). The fourth-order valence-corrected chi connectivity index (χ4v) is 4.46. The van der Waals surface area contributed by atoms with Gasteiger partial charge in [0.25, 0.3) is 0 Å². The van der Waals surface area contributed by atoms with Crippen LogP contribution in [0.1, 0.15) is 33.4 Å². The molecule has 1 aliphatic heterocycles. The lowest BCUT2D eigenvalue weighted by Crippen LogP contribution is -2.43. The Morgan fingerprint density at radius 2 is 2.06 bits per heavy atom. The van der Waals surface area contributed by atoms with Gasteiger partial charge in [-0.2, -0.15) is 0 Å². The maximum Gasteiger partial charge on any atom is 0.319 e. The first-order valence-corrected chi connectivity index (χ1v) is 12.1. The van der Waals surface area contributed by atoms with Crippen molar-refractivity contribution in [2.75, 3.05) is 32.4 Å². The van der Waals surface area contributed by atoms with E-state index < -0.39 is 24.5 Å². The van der Waals surface area contributed by atoms with Crippen molar-refractivity contribution in [3.8, 4) is 0 Å². The van der Waals surface area contributed by atoms with Crippen LogP contribution in [0.15, 0.2) is 36.6 Å². The molecule has 0 saturated carbocycles. The van der Waals surface area contributed by atoms with Crippen molar-refractivity contribution in [1.82, 2.24) is 35.1 Å². The summed E-state index contributed by atoms with van der Waals surface area (Å²) in [6, 6.07) is -0.269. The van der Waals surface area contributed by atoms with Gasteiger partial charge in [-0.15, -0.1) is 0 Å². The minimum atomic E-state index is -1.17. The van der Waals surface area contributed by atoms with Crippen molar-refractivity contribution in [2.24, 2.45) is 11.3 Å². The quantitative estimate of drug-likeness (QED) is 0.369. The number of hydrogen-bond donors (Lipinski definition) is 5. The predicted octanol–water partition coefficient (Wildman–Crippen LogP) is 0.765. The third kappa shape index (κ3) is 5.67. The second-order valence-electron chi connectivity index (χ2n) is 10.5. The Labute approximate surface area is 210 Å². The van der Waals surface area contributed by atoms with E-state index in [9.17, 15) is 15.0 Å². The standard InChI is InChI=1S/C24H36N8O4/c1-24(2,3)14-5-7-15(8-6-14)30-23(35)26-9-10-31(4)11-16-18(33)19(34)22(36-16)32-13-29-17-20(25)27-12-28-21(17)32/h5,7-8,12-14,16,18-19,22,33-34H,6,9-11H2,1-4H3,(H2,25,27,28)(H2,26,30,35)/t14?,16-,18-,19-,22?/m1/s1. The van der Waals surface area contributed by atoms with Crippen LogP contribution < -0.4 is 16.4 Å². The van der Waals surface area contributed by atoms with E-state index in [1.165, 1.54) is 12.7 Å². The van der Waals surface area contributed by atoms with Gasteiger partial charge in [0.15, 0.2) is 17.7 Å². The molecule has 6 N–H and O–H groups in total. The van der Waals surface area contributed by atoms with Crippen molar-refractivity contribution in [1.29, 1.82) is 0 Å². The monoisotopic (exact) mass is 500 g/mol. The zero-order valence-electron chi connectivity index (χ0n) is 21.1. The summed E-state index contributed by atoms with van der Waals surface area (Å²) in [5.41, 5.74) is 7.64. The van der Waals surface area contributed by atoms with Crippen LogP contribution in [0.3, 0.4) is 0 Å². The lowest BCUT2D eigenvalue weighted by atomic mass is 9.77. The Hall–Kier alpha value is -3.06. The zero-order valence-corrected chi connectivity index (χ0v) is 21.1. The Morgan fingerprint density at radius 3 is 2.75 bits per heavy atom. The molecule has 1 aliphatic carbocycles. The molecule has 12 nitrogen and oxygen atoms in total. The van der Waals surface area contributed by atoms with Gasteiger partial charge in [0.05, 0.1) is 6.33 Å². The molecule has 2 unspecified atom stereocenters. The number of anilines is 1. The summed E-state index contributed by atoms with van der Waals surface area (Å²) in [5.74, 6) is 0.675. The Kier molecular flexibility index (Phi) is 7.59. The highest BCUT2D eigenvalue weighted by atomic mass is 16.6. The zero-order chi connectivity index (χ0) is 26.0. The number of amides is 2. The van der Waals surface area contributed by atoms with Gasteiger partial charge in [0, 0.05) is 25.3 Å². The van der Waals surface area contributed by atoms with Gasteiger partial charge < -0.3 is 36.2 Å². The molecular formula is C24H36N8O4. The number of rotatable bonds is 7. The van der Waals surface area contributed by atoms with Crippen LogP contribution in [0, 0.1) is 11.3 Å². The SMILES string of the molecule is CN(CCNC(=O)NC1=CCC(C(C)(C)C)C=C1)C[C@H]1OC(n2cnc3c(N)ncnc32)[C@H](O)[C@@H]1O. The molecule has 12 heteroatoms. The maximum absolute atomic E-state index is 12.3. The van der Waals surface area contributed by atoms with Gasteiger partial charge in [0.2, 0.25) is 0 Å². The van der Waals surface area contributed by atoms with E-state index in [1.807, 2.05) is 24.1 Å². The van der Waals surface area contributed by atoms with E-state index in [-0.39, 0.29) is 17.3 Å². The molecular weight excluding hydrogens is 464 g/mol. The Balaban J connectivity index is 1.23. The fraction of sp³-hybridized carbons (Fsp3) is 0.583. The minimum absolute atomic E-state index is 0.187. The molecule has 2 aliphatic rings. The smallest absolute Gasteiger partial charge is 0.319 e. The van der Waals surface area contributed by atoms with Gasteiger partial charge in [-0.25, -0.2) is 19.7 Å². The number of carbonyl (C=O) groups is 1. The predicted molar refractivity (Wildman–Crippen MR) is 134 cm³/mol. The third-order valence-electron chi connectivity index (χ3n) is 6.74. The number of aromatic nitrogens is 4. The number of hydrogen-bond acceptors (Lipinski definition) is 9. The molecule has 0 aromatic carbocycles. The van der Waals surface area contributed by atoms with Crippen LogP contribution >= 0.6 is 0 Å². The number of allylic oxidation sites excluding steroid dienone is 3. The molecule has 0 spiro atoms. The van der Waals surface area contributed by atoms with Crippen LogP contribution in [0.25, 0.3) is 11.2 Å². The first-order chi connectivity index (χ1) is 17.0. The average Bonchev–Trinajstić information content (AvgIpc) is 3.36. The highest BCUT2D eigenvalue weighted by Crippen LogP contribution is 2.33. The molecule has 3 heterocycles. The molecule has 0 bridgehead atoms. The van der Waals surface area contributed by atoms with E-state index in [1.54, 1.807) is 4.57 Å². The number of nitrogens with two attached hydrogens (primary N) is 1. The van der Waals surface area contributed by atoms with Crippen molar-refractivity contribution in [2.45, 2.75) is 51.7 Å². The largest absolute Gasteiger partial charge is 0.387 e. The molecule has 196 valence electrons. The maximum atomic E-state index is 12.3. The van der Waals surface area contributed by atoms with Gasteiger partial charge in [0.1, 0.15) is 30.2 Å². The third-order valence-corrected chi connectivity index (χ3v) is 6.74. The average molecular weight is 501 g/mol. The molecule has 1 saturated heterocycles. The number of aliphatic hydroxyl groups excluding tert-OH is 2. The van der Waals surface area contributed by atoms with Crippen molar-refractivity contribution >= 4 is 23.0 Å². The lowest BCUT2D eigenvalue weighted by Gasteiger charge is -2.29. The van der Waals surface area contributed by atoms with E-state index in [0.29, 0.717) is 36.7 Å². The van der Waals surface area contributed by atoms with Crippen LogP contribution in [0.5, 0.6) is 0 Å². The van der Waals surface area contributed by atoms with Gasteiger partial charge in [-0.3, -0.25) is 4.57 Å². The highest BCUT2D eigenvalue weighted by Gasteiger charge is 2.44. The first-order valence-electron chi connectivity index (χ1n) is 12.1. The van der Waals surface area contributed by atoms with Crippen LogP contribution in [0.4, 0.5) is 10.6 Å². The van der Waals surface area contributed by atoms with Crippen LogP contribution in [-0.4, -0.2) is 85.7 Å². The summed E-state index contributed by atoms with van der Waals surface area (Å²) in [7, 11) is 1.86. The number of nitrogens with one attached hydrogen (secondary N) is 2. The number of ether oxygens (including phenoxy) is 1. The van der Waals surface area contributed by atoms with Crippen molar-refractivity contribution < 1.29 is 19.7 Å². The molecule has 0 radical (unpaired) electrons. The highest BCUT2D eigenvalue weighted by molar-refractivity contribution is 5.81. The van der Waals surface area contributed by atoms with E-state index in [4.69, 9.17) is 10.5 Å². The molecule has 2 aromatic heterocycles. The number of nitrogen functional groups attached to an aromatic ring is 1. The summed E-state index contributed by atoms with van der Waals surface area (Å²) >= 11 is 0. The number of likely N-dealkylation sites (N-methyl/N-ethyl adjacent to an activating group) is 1. The van der Waals surface area contributed by atoms with E-state index >= 15 is 0 Å². The van der Waals surface area contributed by atoms with Gasteiger partial charge in [-0.1, -0.05) is 32.9 Å². The summed E-state index contributed by atoms with van der Waals surface area (Å²) in [6.07, 6.45) is 6.03. The fourth-order valence-electron chi connectivity index (χ4n) is 4.46. The second kappa shape index (κ2) is 10.5. The summed E-state index contributed by atoms with van der Waals surface area (Å²) in [6.45, 7) is 7.90. The van der Waals surface area contributed by atoms with Crippen molar-refractivity contribution in [3.63, 3.8) is 0 Å². The molecule has 2 aromatic rings. The number of urea groups is 1. The van der Waals surface area contributed by atoms with Crippen LogP contribution in [0.2, 0.25) is 0 Å². The second-order valence-corrected chi connectivity index (χ2v) is 10.5. The van der Waals surface area contributed by atoms with E-state index in [0.717, 1.165) is 12.1 Å². The molecule has 2 amide bonds. The summed E-state index contributed by atoms with van der Waals surface area (Å²) in [5, 5.41) is 26.9. The normalized spacial score (nSPS) is 26.4. The Morgan fingerprint density at radius 1 is 1.28 bits per heavy atom. The first kappa shape index (κ1) is 26.0. The number of carbonyl (C=O) groups excluding carboxylic acids is 1. The minimum Gasteiger partial charge on any atom is -0.387 e. The Bertz CT molecular complexity index is 1140. The number of aliphatic hydroxyl groups is 2. The lowest BCUT2D eigenvalue weighted by molar-refractivity contribution is -0.0420. The number of imidazole rings is 1. The van der Waals surface area contributed by atoms with Crippen molar-refractivity contribution in [3.05, 3.63) is 36.6 Å². The van der Waals surface area contributed by atoms with Crippen LogP contribution in [-0.2, 0) is 4.74 Å². The number of fused-ring (bicyclic) bond motifs is 1. The van der Waals surface area contributed by atoms with Gasteiger partial charge in [-0.05, 0) is 30.9 Å².